The van der Waals surface area contributed by atoms with Gasteiger partial charge in [-0.15, -0.1) is 0 Å². The lowest BCUT2D eigenvalue weighted by Gasteiger charge is -2.03. The van der Waals surface area contributed by atoms with E-state index >= 15 is 0 Å². The third-order valence-corrected chi connectivity index (χ3v) is 2.05. The molecular formula is C14H22O. The Kier molecular flexibility index (Phi) is 8.55. The zero-order chi connectivity index (χ0) is 11.5. The number of ether oxygens (including phenoxy) is 1. The van der Waals surface area contributed by atoms with Crippen LogP contribution in [0.5, 0.6) is 0 Å². The lowest BCUT2D eigenvalue weighted by atomic mass is 10.1. The van der Waals surface area contributed by atoms with Crippen LogP contribution in [0.1, 0.15) is 32.3 Å². The number of benzene rings is 1. The zero-order valence-corrected chi connectivity index (χ0v) is 10.1. The highest BCUT2D eigenvalue weighted by atomic mass is 16.5. The van der Waals surface area contributed by atoms with Crippen LogP contribution in [0.25, 0.3) is 0 Å². The van der Waals surface area contributed by atoms with Crippen LogP contribution in [0, 0.1) is 0 Å². The van der Waals surface area contributed by atoms with E-state index in [1.807, 2.05) is 19.9 Å². The van der Waals surface area contributed by atoms with Gasteiger partial charge in [-0.25, -0.2) is 0 Å². The molecule has 1 nitrogen and oxygen atoms in total. The van der Waals surface area contributed by atoms with Crippen molar-refractivity contribution >= 4 is 0 Å². The Bertz CT molecular complexity index is 251. The summed E-state index contributed by atoms with van der Waals surface area (Å²) in [6, 6.07) is 10.5. The second kappa shape index (κ2) is 9.32. The first-order valence-electron chi connectivity index (χ1n) is 5.58. The molecule has 0 aliphatic heterocycles. The van der Waals surface area contributed by atoms with Crippen LogP contribution in [0.2, 0.25) is 0 Å². The standard InChI is InChI=1S/C12H16O.C2H6/c1-11(13-2)7-6-10-12-8-4-3-5-9-12;1-2/h3-5,8-9H,1,6-7,10H2,2H3;1-2H3. The van der Waals surface area contributed by atoms with Crippen molar-refractivity contribution in [3.05, 3.63) is 48.2 Å². The van der Waals surface area contributed by atoms with Crippen molar-refractivity contribution in [2.45, 2.75) is 33.1 Å². The second-order valence-electron chi connectivity index (χ2n) is 3.08. The summed E-state index contributed by atoms with van der Waals surface area (Å²) in [7, 11) is 1.67. The van der Waals surface area contributed by atoms with Gasteiger partial charge in [0.1, 0.15) is 0 Å². The Morgan fingerprint density at radius 3 is 2.33 bits per heavy atom. The van der Waals surface area contributed by atoms with Crippen LogP contribution in [0.15, 0.2) is 42.7 Å². The molecular weight excluding hydrogens is 184 g/mol. The molecule has 0 spiro atoms. The van der Waals surface area contributed by atoms with E-state index in [9.17, 15) is 0 Å². The molecule has 0 bridgehead atoms. The Labute approximate surface area is 93.8 Å². The highest BCUT2D eigenvalue weighted by Crippen LogP contribution is 2.08. The minimum Gasteiger partial charge on any atom is -0.502 e. The van der Waals surface area contributed by atoms with E-state index in [-0.39, 0.29) is 0 Å². The molecule has 1 heteroatoms. The van der Waals surface area contributed by atoms with Crippen molar-refractivity contribution in [2.75, 3.05) is 7.11 Å². The average molecular weight is 206 g/mol. The van der Waals surface area contributed by atoms with Gasteiger partial charge in [0.15, 0.2) is 0 Å². The first-order chi connectivity index (χ1) is 7.33. The average Bonchev–Trinajstić information content (AvgIpc) is 2.33. The highest BCUT2D eigenvalue weighted by molar-refractivity contribution is 5.14. The number of allylic oxidation sites excluding steroid dienone is 1. The summed E-state index contributed by atoms with van der Waals surface area (Å²) in [6.07, 6.45) is 3.16. The van der Waals surface area contributed by atoms with Gasteiger partial charge in [0.2, 0.25) is 0 Å². The smallest absolute Gasteiger partial charge is 0.0884 e. The fourth-order valence-electron chi connectivity index (χ4n) is 1.24. The Morgan fingerprint density at radius 2 is 1.80 bits per heavy atom. The van der Waals surface area contributed by atoms with Crippen molar-refractivity contribution < 1.29 is 4.74 Å². The third kappa shape index (κ3) is 6.78. The normalized spacial score (nSPS) is 8.73. The molecule has 0 saturated heterocycles. The van der Waals surface area contributed by atoms with Crippen LogP contribution in [-0.2, 0) is 11.2 Å². The van der Waals surface area contributed by atoms with E-state index < -0.39 is 0 Å². The molecule has 0 radical (unpaired) electrons. The van der Waals surface area contributed by atoms with Crippen LogP contribution >= 0.6 is 0 Å². The number of hydrogen-bond acceptors (Lipinski definition) is 1. The van der Waals surface area contributed by atoms with Gasteiger partial charge in [0.05, 0.1) is 12.9 Å². The van der Waals surface area contributed by atoms with Crippen molar-refractivity contribution in [3.63, 3.8) is 0 Å². The van der Waals surface area contributed by atoms with E-state index in [2.05, 4.69) is 30.8 Å². The summed E-state index contributed by atoms with van der Waals surface area (Å²) >= 11 is 0. The fourth-order valence-corrected chi connectivity index (χ4v) is 1.24. The van der Waals surface area contributed by atoms with Gasteiger partial charge < -0.3 is 4.74 Å². The summed E-state index contributed by atoms with van der Waals surface area (Å²) in [5.74, 6) is 0.871. The molecule has 1 aromatic rings. The monoisotopic (exact) mass is 206 g/mol. The molecule has 0 atom stereocenters. The van der Waals surface area contributed by atoms with Crippen molar-refractivity contribution in [2.24, 2.45) is 0 Å². The number of rotatable bonds is 5. The predicted octanol–water partition coefficient (Wildman–Crippen LogP) is 4.20. The van der Waals surface area contributed by atoms with E-state index in [0.29, 0.717) is 0 Å². The van der Waals surface area contributed by atoms with Crippen LogP contribution < -0.4 is 0 Å². The van der Waals surface area contributed by atoms with Gasteiger partial charge in [0.25, 0.3) is 0 Å². The summed E-state index contributed by atoms with van der Waals surface area (Å²) in [4.78, 5) is 0. The largest absolute Gasteiger partial charge is 0.502 e. The molecule has 0 saturated carbocycles. The highest BCUT2D eigenvalue weighted by Gasteiger charge is 1.94. The first-order valence-corrected chi connectivity index (χ1v) is 5.58. The number of methoxy groups -OCH3 is 1. The van der Waals surface area contributed by atoms with Crippen molar-refractivity contribution in [3.8, 4) is 0 Å². The van der Waals surface area contributed by atoms with Gasteiger partial charge in [-0.2, -0.15) is 0 Å². The maximum Gasteiger partial charge on any atom is 0.0884 e. The lowest BCUT2D eigenvalue weighted by Crippen LogP contribution is -1.88. The van der Waals surface area contributed by atoms with Crippen LogP contribution in [0.4, 0.5) is 0 Å². The van der Waals surface area contributed by atoms with E-state index in [1.54, 1.807) is 7.11 Å². The Morgan fingerprint density at radius 1 is 1.20 bits per heavy atom. The van der Waals surface area contributed by atoms with Gasteiger partial charge in [-0.1, -0.05) is 50.8 Å². The third-order valence-electron chi connectivity index (χ3n) is 2.05. The maximum atomic E-state index is 4.99. The van der Waals surface area contributed by atoms with E-state index in [0.717, 1.165) is 25.0 Å². The SMILES string of the molecule is C=C(CCCc1ccccc1)OC.CC. The summed E-state index contributed by atoms with van der Waals surface area (Å²) < 4.78 is 4.99. The van der Waals surface area contributed by atoms with Crippen LogP contribution in [0.3, 0.4) is 0 Å². The van der Waals surface area contributed by atoms with E-state index in [1.165, 1.54) is 5.56 Å². The molecule has 0 N–H and O–H groups in total. The molecule has 0 fully saturated rings. The lowest BCUT2D eigenvalue weighted by molar-refractivity contribution is 0.277. The molecule has 1 rings (SSSR count). The van der Waals surface area contributed by atoms with Crippen molar-refractivity contribution in [1.29, 1.82) is 0 Å². The first kappa shape index (κ1) is 13.8. The molecule has 0 unspecified atom stereocenters. The van der Waals surface area contributed by atoms with Crippen molar-refractivity contribution in [1.82, 2.24) is 0 Å². The zero-order valence-electron chi connectivity index (χ0n) is 10.1. The number of hydrogen-bond donors (Lipinski definition) is 0. The fraction of sp³-hybridized carbons (Fsp3) is 0.429. The van der Waals surface area contributed by atoms with E-state index in [4.69, 9.17) is 4.74 Å². The number of aryl methyl sites for hydroxylation is 1. The molecule has 0 amide bonds. The summed E-state index contributed by atoms with van der Waals surface area (Å²) in [5, 5.41) is 0. The predicted molar refractivity (Wildman–Crippen MR) is 66.9 cm³/mol. The molecule has 0 heterocycles. The Balaban J connectivity index is 0.000000921. The minimum absolute atomic E-state index is 0.871. The van der Waals surface area contributed by atoms with Gasteiger partial charge >= 0.3 is 0 Å². The molecule has 0 aromatic heterocycles. The second-order valence-corrected chi connectivity index (χ2v) is 3.08. The minimum atomic E-state index is 0.871. The molecule has 0 aliphatic carbocycles. The van der Waals surface area contributed by atoms with Crippen LogP contribution in [-0.4, -0.2) is 7.11 Å². The van der Waals surface area contributed by atoms with Gasteiger partial charge in [-0.3, -0.25) is 0 Å². The quantitative estimate of drug-likeness (QED) is 0.656. The molecule has 0 aliphatic rings. The van der Waals surface area contributed by atoms with Gasteiger partial charge in [0, 0.05) is 6.42 Å². The summed E-state index contributed by atoms with van der Waals surface area (Å²) in [6.45, 7) is 7.78. The summed E-state index contributed by atoms with van der Waals surface area (Å²) in [5.41, 5.74) is 1.38. The van der Waals surface area contributed by atoms with Gasteiger partial charge in [-0.05, 0) is 18.4 Å². The molecule has 84 valence electrons. The Hall–Kier alpha value is -1.24. The molecule has 1 aromatic carbocycles. The topological polar surface area (TPSA) is 9.23 Å². The maximum absolute atomic E-state index is 4.99. The molecule has 15 heavy (non-hydrogen) atoms.